The smallest absolute Gasteiger partial charge is 0.223 e. The first kappa shape index (κ1) is 24.6. The van der Waals surface area contributed by atoms with Crippen LogP contribution in [-0.4, -0.2) is 59.6 Å². The second-order valence-corrected chi connectivity index (χ2v) is 10.1. The Labute approximate surface area is 215 Å². The molecule has 2 N–H and O–H groups in total. The lowest BCUT2D eigenvalue weighted by Crippen LogP contribution is -2.42. The van der Waals surface area contributed by atoms with Crippen LogP contribution in [0.5, 0.6) is 5.75 Å². The highest BCUT2D eigenvalue weighted by Gasteiger charge is 2.27. The number of piperidine rings is 1. The summed E-state index contributed by atoms with van der Waals surface area (Å²) < 4.78 is 13.2. The Balaban J connectivity index is 1.13. The van der Waals surface area contributed by atoms with Crippen molar-refractivity contribution in [2.45, 2.75) is 45.3 Å². The summed E-state index contributed by atoms with van der Waals surface area (Å²) in [6.07, 6.45) is 5.99. The second kappa shape index (κ2) is 11.7. The minimum Gasteiger partial charge on any atom is -0.494 e. The maximum atomic E-state index is 12.6. The van der Waals surface area contributed by atoms with Crippen molar-refractivity contribution in [2.75, 3.05) is 43.1 Å². The minimum atomic E-state index is 0.0553. The quantitative estimate of drug-likeness (QED) is 0.428. The van der Waals surface area contributed by atoms with Gasteiger partial charge in [0.15, 0.2) is 0 Å². The Morgan fingerprint density at radius 3 is 2.69 bits per heavy atom. The largest absolute Gasteiger partial charge is 0.494 e. The Morgan fingerprint density at radius 1 is 1.14 bits per heavy atom. The van der Waals surface area contributed by atoms with Crippen LogP contribution in [0.25, 0.3) is 5.13 Å². The zero-order valence-corrected chi connectivity index (χ0v) is 21.5. The number of carbonyl (C=O) groups is 1. The van der Waals surface area contributed by atoms with Crippen LogP contribution < -0.4 is 20.3 Å². The fourth-order valence-electron chi connectivity index (χ4n) is 4.71. The molecule has 0 aliphatic carbocycles. The number of aromatic nitrogens is 3. The van der Waals surface area contributed by atoms with E-state index in [0.29, 0.717) is 19.7 Å². The molecule has 1 amide bonds. The third kappa shape index (κ3) is 5.99. The summed E-state index contributed by atoms with van der Waals surface area (Å²) in [5.74, 6) is 1.08. The van der Waals surface area contributed by atoms with Gasteiger partial charge in [0.1, 0.15) is 5.75 Å². The van der Waals surface area contributed by atoms with Gasteiger partial charge in [0, 0.05) is 49.7 Å². The highest BCUT2D eigenvalue weighted by atomic mass is 32.1. The molecule has 0 spiro atoms. The molecule has 192 valence electrons. The summed E-state index contributed by atoms with van der Waals surface area (Å²) in [5, 5.41) is 17.2. The molecule has 36 heavy (non-hydrogen) atoms. The zero-order chi connectivity index (χ0) is 24.7. The summed E-state index contributed by atoms with van der Waals surface area (Å²) >= 11 is 1.58. The van der Waals surface area contributed by atoms with Crippen LogP contribution in [0, 0.1) is 5.92 Å². The number of hydrogen-bond donors (Lipinski definition) is 2. The number of amides is 1. The van der Waals surface area contributed by atoms with E-state index in [1.165, 1.54) is 0 Å². The van der Waals surface area contributed by atoms with Gasteiger partial charge in [-0.1, -0.05) is 11.3 Å². The molecule has 0 radical (unpaired) electrons. The number of ether oxygens (including phenoxy) is 2. The predicted molar refractivity (Wildman–Crippen MR) is 141 cm³/mol. The summed E-state index contributed by atoms with van der Waals surface area (Å²) in [4.78, 5) is 14.8. The van der Waals surface area contributed by atoms with Crippen LogP contribution in [0.2, 0.25) is 0 Å². The molecule has 10 heteroatoms. The number of benzene rings is 1. The summed E-state index contributed by atoms with van der Waals surface area (Å²) in [5.41, 5.74) is 2.14. The van der Waals surface area contributed by atoms with E-state index in [-0.39, 0.29) is 17.9 Å². The summed E-state index contributed by atoms with van der Waals surface area (Å²) in [6.45, 7) is 6.37. The number of nitrogens with zero attached hydrogens (tertiary/aromatic N) is 4. The molecule has 0 bridgehead atoms. The van der Waals surface area contributed by atoms with E-state index in [1.807, 2.05) is 43.5 Å². The van der Waals surface area contributed by atoms with Crippen molar-refractivity contribution in [1.29, 1.82) is 0 Å². The lowest BCUT2D eigenvalue weighted by molar-refractivity contribution is -0.126. The molecule has 1 aromatic carbocycles. The molecule has 0 saturated carbocycles. The third-order valence-corrected chi connectivity index (χ3v) is 7.73. The first-order valence-electron chi connectivity index (χ1n) is 12.8. The minimum absolute atomic E-state index is 0.0553. The molecular weight excluding hydrogens is 476 g/mol. The van der Waals surface area contributed by atoms with Gasteiger partial charge in [0.25, 0.3) is 0 Å². The van der Waals surface area contributed by atoms with Crippen molar-refractivity contribution >= 4 is 28.1 Å². The summed E-state index contributed by atoms with van der Waals surface area (Å²) in [6, 6.07) is 12.1. The molecule has 4 heterocycles. The molecule has 5 rings (SSSR count). The van der Waals surface area contributed by atoms with E-state index in [9.17, 15) is 4.79 Å². The van der Waals surface area contributed by atoms with Crippen LogP contribution in [-0.2, 0) is 16.1 Å². The predicted octanol–water partition coefficient (Wildman–Crippen LogP) is 3.85. The highest BCUT2D eigenvalue weighted by molar-refractivity contribution is 7.17. The van der Waals surface area contributed by atoms with Crippen molar-refractivity contribution < 1.29 is 14.3 Å². The van der Waals surface area contributed by atoms with E-state index in [2.05, 4.69) is 36.4 Å². The van der Waals surface area contributed by atoms with Crippen LogP contribution in [0.1, 0.15) is 38.3 Å². The highest BCUT2D eigenvalue weighted by Crippen LogP contribution is 2.29. The standard InChI is InChI=1S/C26H34N6O3S/c1-2-34-22-9-7-20(8-10-22)27-17-21-5-3-13-32(21)26-30-29-25(36-26)31-14-11-19(12-15-31)24(33)28-18-23-6-4-16-35-23/h3,5,7-10,13,19,23,27H,2,4,6,11-12,14-18H2,1H3,(H,28,33)/t23-/m0/s1. The lowest BCUT2D eigenvalue weighted by Gasteiger charge is -2.30. The molecule has 9 nitrogen and oxygen atoms in total. The number of anilines is 2. The van der Waals surface area contributed by atoms with Crippen LogP contribution in [0.15, 0.2) is 42.6 Å². The van der Waals surface area contributed by atoms with E-state index >= 15 is 0 Å². The first-order valence-corrected chi connectivity index (χ1v) is 13.6. The molecule has 1 atom stereocenters. The molecule has 2 fully saturated rings. The maximum Gasteiger partial charge on any atom is 0.223 e. The van der Waals surface area contributed by atoms with Gasteiger partial charge in [-0.15, -0.1) is 10.2 Å². The Kier molecular flexibility index (Phi) is 8.02. The van der Waals surface area contributed by atoms with Crippen molar-refractivity contribution in [3.8, 4) is 10.9 Å². The van der Waals surface area contributed by atoms with Gasteiger partial charge in [0.05, 0.1) is 19.3 Å². The first-order chi connectivity index (χ1) is 17.7. The topological polar surface area (TPSA) is 93.5 Å². The van der Waals surface area contributed by atoms with Crippen LogP contribution in [0.3, 0.4) is 0 Å². The molecule has 2 saturated heterocycles. The fourth-order valence-corrected chi connectivity index (χ4v) is 5.62. The number of rotatable bonds is 10. The average Bonchev–Trinajstić information content (AvgIpc) is 3.69. The lowest BCUT2D eigenvalue weighted by atomic mass is 9.96. The third-order valence-electron chi connectivity index (χ3n) is 6.75. The molecule has 0 unspecified atom stereocenters. The monoisotopic (exact) mass is 510 g/mol. The van der Waals surface area contributed by atoms with Gasteiger partial charge in [-0.2, -0.15) is 0 Å². The average molecular weight is 511 g/mol. The summed E-state index contributed by atoms with van der Waals surface area (Å²) in [7, 11) is 0. The van der Waals surface area contributed by atoms with E-state index in [0.717, 1.165) is 72.8 Å². The van der Waals surface area contributed by atoms with E-state index < -0.39 is 0 Å². The van der Waals surface area contributed by atoms with Crippen molar-refractivity contribution in [3.05, 3.63) is 48.3 Å². The number of carbonyl (C=O) groups excluding carboxylic acids is 1. The van der Waals surface area contributed by atoms with Gasteiger partial charge >= 0.3 is 0 Å². The fraction of sp³-hybridized carbons (Fsp3) is 0.500. The van der Waals surface area contributed by atoms with Crippen LogP contribution >= 0.6 is 11.3 Å². The molecule has 2 aliphatic rings. The Bertz CT molecular complexity index is 1120. The van der Waals surface area contributed by atoms with E-state index in [1.54, 1.807) is 11.3 Å². The van der Waals surface area contributed by atoms with Crippen molar-refractivity contribution in [1.82, 2.24) is 20.1 Å². The SMILES string of the molecule is CCOc1ccc(NCc2cccn2-c2nnc(N3CCC(C(=O)NC[C@@H]4CCCO4)CC3)s2)cc1. The van der Waals surface area contributed by atoms with Gasteiger partial charge in [-0.3, -0.25) is 9.36 Å². The zero-order valence-electron chi connectivity index (χ0n) is 20.7. The maximum absolute atomic E-state index is 12.6. The van der Waals surface area contributed by atoms with Crippen molar-refractivity contribution in [3.63, 3.8) is 0 Å². The number of hydrogen-bond acceptors (Lipinski definition) is 8. The Hall–Kier alpha value is -3.11. The van der Waals surface area contributed by atoms with Gasteiger partial charge in [-0.05, 0) is 69.0 Å². The van der Waals surface area contributed by atoms with Gasteiger partial charge in [-0.25, -0.2) is 0 Å². The normalized spacial score (nSPS) is 18.4. The van der Waals surface area contributed by atoms with Gasteiger partial charge in [0.2, 0.25) is 16.2 Å². The molecule has 2 aliphatic heterocycles. The van der Waals surface area contributed by atoms with Crippen molar-refractivity contribution in [2.24, 2.45) is 5.92 Å². The number of nitrogens with one attached hydrogen (secondary N) is 2. The van der Waals surface area contributed by atoms with Crippen LogP contribution in [0.4, 0.5) is 10.8 Å². The Morgan fingerprint density at radius 2 is 1.94 bits per heavy atom. The molecule has 2 aromatic heterocycles. The van der Waals surface area contributed by atoms with E-state index in [4.69, 9.17) is 9.47 Å². The molecule has 3 aromatic rings. The second-order valence-electron chi connectivity index (χ2n) is 9.19. The molecular formula is C26H34N6O3S. The van der Waals surface area contributed by atoms with Gasteiger partial charge < -0.3 is 25.0 Å².